The Morgan fingerprint density at radius 1 is 0.311 bits per heavy atom. The molecule has 40 nitrogen and oxygen atoms in total. The lowest BCUT2D eigenvalue weighted by Crippen LogP contribution is -2.44. The third-order valence-corrected chi connectivity index (χ3v) is 24.6. The second kappa shape index (κ2) is 81.6. The Hall–Kier alpha value is -8.06. The number of aliphatic hydroxyl groups excluding tert-OH is 4. The van der Waals surface area contributed by atoms with Gasteiger partial charge in [-0.3, -0.25) is 71.9 Å². The van der Waals surface area contributed by atoms with Crippen LogP contribution in [0.1, 0.15) is 275 Å². The zero-order chi connectivity index (χ0) is 116. The average molecular weight is 2150 g/mol. The molecule has 0 saturated carbocycles. The van der Waals surface area contributed by atoms with Crippen LogP contribution >= 0.6 is 12.4 Å². The number of esters is 8. The summed E-state index contributed by atoms with van der Waals surface area (Å²) in [5.74, 6) is -8.33. The molecule has 0 saturated heterocycles. The van der Waals surface area contributed by atoms with Gasteiger partial charge in [-0.15, -0.1) is 12.4 Å². The maximum absolute atomic E-state index is 12.9. The van der Waals surface area contributed by atoms with Gasteiger partial charge in [-0.25, -0.2) is 0 Å². The molecule has 9 atom stereocenters. The summed E-state index contributed by atoms with van der Waals surface area (Å²) < 4.78 is 44.0. The lowest BCUT2D eigenvalue weighted by atomic mass is 9.81. The van der Waals surface area contributed by atoms with Gasteiger partial charge in [0, 0.05) is 47.6 Å². The number of nitrogens with one attached hydrogen (secondary N) is 6. The summed E-state index contributed by atoms with van der Waals surface area (Å²) in [5, 5.41) is 59.7. The van der Waals surface area contributed by atoms with Gasteiger partial charge >= 0.3 is 53.7 Å². The molecule has 0 aromatic rings. The fourth-order valence-corrected chi connectivity index (χ4v) is 12.7. The van der Waals surface area contributed by atoms with E-state index in [1.54, 1.807) is 83.1 Å². The first-order valence-corrected chi connectivity index (χ1v) is 52.8. The van der Waals surface area contributed by atoms with Crippen molar-refractivity contribution in [3.05, 3.63) is 0 Å². The number of aliphatic hydroxyl groups is 4. The van der Waals surface area contributed by atoms with E-state index in [1.165, 1.54) is 0 Å². The van der Waals surface area contributed by atoms with Gasteiger partial charge in [0.25, 0.3) is 0 Å². The van der Waals surface area contributed by atoms with E-state index < -0.39 is 87.0 Å². The molecule has 0 aliphatic rings. The Bertz CT molecular complexity index is 3440. The minimum Gasteiger partial charge on any atom is -0.481 e. The van der Waals surface area contributed by atoms with Crippen LogP contribution in [-0.2, 0) is 110 Å². The second-order valence-corrected chi connectivity index (χ2v) is 45.9. The highest BCUT2D eigenvalue weighted by molar-refractivity contribution is 5.87. The molecule has 0 bridgehead atoms. The molecule has 0 aromatic heterocycles. The minimum atomic E-state index is -0.814. The SMILES string of the molecule is CCC(C)(C)C(=O)NCCCN.CCC(C)(C)C(=O)NCCCN(C)C.CCC(C)C(=O)O.CCC(C)C(=O)OCCO.CCC(CC(C)(C)C(=O)OCC[N+](C)(C)C)C(=O)NCNC(=O)C(CC)CC(C)(C)C(=O)OCC[N+](C)(C)C.CCC(CC(C)(C)C(=O)OCC[N+](C)(C)C)C(=O)NCNC(=O)C(CC)CC(C)(C)C(=O)OCC[N+](C)(C)C.CCC(CC(CC(C)C(=O)OCCO)C(=O)OCCO)C(=O)OCCO.Cl. The quantitative estimate of drug-likeness (QED) is 0.00886. The van der Waals surface area contributed by atoms with Gasteiger partial charge in [-0.1, -0.05) is 111 Å². The lowest BCUT2D eigenvalue weighted by Gasteiger charge is -2.29. The molecule has 0 rings (SSSR count). The minimum absolute atomic E-state index is 0. The van der Waals surface area contributed by atoms with Crippen molar-refractivity contribution in [2.24, 2.45) is 91.5 Å². The summed E-state index contributed by atoms with van der Waals surface area (Å²) in [6.45, 7) is 50.3. The number of carboxylic acids is 1. The fraction of sp³-hybridized carbons (Fsp3) is 0.860. The first-order valence-electron chi connectivity index (χ1n) is 52.8. The van der Waals surface area contributed by atoms with E-state index in [1.807, 2.05) is 182 Å². The van der Waals surface area contributed by atoms with Crippen LogP contribution in [0.5, 0.6) is 0 Å². The monoisotopic (exact) mass is 2150 g/mol. The molecule has 13 N–H and O–H groups in total. The predicted octanol–water partition coefficient (Wildman–Crippen LogP) is 9.26. The number of carbonyl (C=O) groups is 15. The number of halogens is 1. The van der Waals surface area contributed by atoms with Crippen LogP contribution in [0.3, 0.4) is 0 Å². The van der Waals surface area contributed by atoms with E-state index in [4.69, 9.17) is 64.4 Å². The molecule has 0 aliphatic carbocycles. The number of amides is 6. The number of rotatable bonds is 67. The molecule has 0 aliphatic heterocycles. The first kappa shape index (κ1) is 155. The molecule has 0 fully saturated rings. The van der Waals surface area contributed by atoms with E-state index in [-0.39, 0.29) is 179 Å². The lowest BCUT2D eigenvalue weighted by molar-refractivity contribution is -0.870. The first-order chi connectivity index (χ1) is 67.5. The van der Waals surface area contributed by atoms with Crippen LogP contribution < -0.4 is 37.6 Å². The largest absolute Gasteiger partial charge is 0.481 e. The van der Waals surface area contributed by atoms with E-state index in [0.717, 1.165) is 51.6 Å². The van der Waals surface area contributed by atoms with Crippen LogP contribution in [-0.4, -0.2) is 381 Å². The third-order valence-electron chi connectivity index (χ3n) is 24.6. The number of ether oxygens (including phenoxy) is 8. The number of aliphatic carboxylic acids is 1. The summed E-state index contributed by atoms with van der Waals surface area (Å²) in [6, 6.07) is 0. The Morgan fingerprint density at radius 3 is 0.764 bits per heavy atom. The van der Waals surface area contributed by atoms with Crippen molar-refractivity contribution in [2.75, 3.05) is 244 Å². The number of nitrogens with two attached hydrogens (primary N) is 1. The summed E-state index contributed by atoms with van der Waals surface area (Å²) in [4.78, 5) is 184. The van der Waals surface area contributed by atoms with Crippen LogP contribution in [0.25, 0.3) is 0 Å². The van der Waals surface area contributed by atoms with Crippen LogP contribution in [0, 0.1) is 85.8 Å². The Labute approximate surface area is 897 Å². The fourth-order valence-electron chi connectivity index (χ4n) is 12.7. The highest BCUT2D eigenvalue weighted by atomic mass is 35.5. The molecule has 0 heterocycles. The van der Waals surface area contributed by atoms with Gasteiger partial charge < -0.3 is 124 Å². The van der Waals surface area contributed by atoms with Gasteiger partial charge in [-0.2, -0.15) is 0 Å². The van der Waals surface area contributed by atoms with Crippen LogP contribution in [0.4, 0.5) is 0 Å². The highest BCUT2D eigenvalue weighted by Gasteiger charge is 2.41. The van der Waals surface area contributed by atoms with Gasteiger partial charge in [-0.05, 0) is 192 Å². The van der Waals surface area contributed by atoms with Crippen molar-refractivity contribution in [2.45, 2.75) is 275 Å². The molecule has 0 radical (unpaired) electrons. The molecular formula is C107H215ClN12O28+4. The maximum Gasteiger partial charge on any atom is 0.311 e. The van der Waals surface area contributed by atoms with Gasteiger partial charge in [0.15, 0.2) is 0 Å². The molecule has 0 aromatic carbocycles. The van der Waals surface area contributed by atoms with E-state index in [2.05, 4.69) is 41.5 Å². The normalized spacial score (nSPS) is 13.5. The maximum atomic E-state index is 12.9. The number of carboxylic acid groups (broad SMARTS) is 1. The Kier molecular flexibility index (Phi) is 85.6. The zero-order valence-electron chi connectivity index (χ0n) is 99.1. The van der Waals surface area contributed by atoms with Crippen molar-refractivity contribution in [3.63, 3.8) is 0 Å². The number of quaternary nitrogens is 4. The number of carbonyl (C=O) groups excluding carboxylic acids is 14. The van der Waals surface area contributed by atoms with Crippen LogP contribution in [0.2, 0.25) is 0 Å². The van der Waals surface area contributed by atoms with Crippen molar-refractivity contribution in [3.8, 4) is 0 Å². The van der Waals surface area contributed by atoms with Gasteiger partial charge in [0.1, 0.15) is 79.0 Å². The summed E-state index contributed by atoms with van der Waals surface area (Å²) in [7, 11) is 28.4. The molecule has 148 heavy (non-hydrogen) atoms. The van der Waals surface area contributed by atoms with Gasteiger partial charge in [0.2, 0.25) is 35.4 Å². The zero-order valence-corrected chi connectivity index (χ0v) is 99.9. The third kappa shape index (κ3) is 79.9. The Morgan fingerprint density at radius 2 is 0.554 bits per heavy atom. The predicted molar refractivity (Wildman–Crippen MR) is 579 cm³/mol. The molecule has 0 spiro atoms. The summed E-state index contributed by atoms with van der Waals surface area (Å²) in [5.41, 5.74) is 1.58. The standard InChI is InChI=1S/2C29H56N4O6.C17H30O9.C11H24N2O.C9H20N2O.C7H14O3.C5H10O2.ClH/c2*1-13-22(19-28(3,4)26(36)38-17-15-32(7,8)9)24(34)30-21-31-25(35)23(14-2)20-29(5,6)27(37)39-18-16-33(10,11)12;1-3-13(16(22)25-8-5-19)11-14(17(23)26-9-6-20)10-12(2)15(21)24-7-4-18;1-6-11(2,3)10(14)12-8-7-9-13(4)5;1-4-9(2,3)8(12)11-7-5-6-10;1-3-6(2)7(9)10-5-4-8;1-3-4(2)5(6)7;/h2*22-23H,13-21H2,1-12H3;12-14,18-20H,3-11H2,1-2H3;6-9H2,1-5H3,(H,12,14);4-7,10H2,1-3H3,(H,11,12);6,8H,3-5H2,1-2H3;4H,3H2,1-2H3,(H,6,7);1H/p+4. The Balaban J connectivity index is -0.000000277. The van der Waals surface area contributed by atoms with Crippen molar-refractivity contribution < 1.29 is 153 Å². The smallest absolute Gasteiger partial charge is 0.311 e. The number of hydrogen-bond donors (Lipinski definition) is 12. The van der Waals surface area contributed by atoms with Crippen molar-refractivity contribution in [1.29, 1.82) is 0 Å². The highest BCUT2D eigenvalue weighted by Crippen LogP contribution is 2.34. The average Bonchev–Trinajstić information content (AvgIpc) is 0.857. The topological polar surface area (TPSA) is 532 Å². The van der Waals surface area contributed by atoms with Gasteiger partial charge in [0.05, 0.1) is 176 Å². The summed E-state index contributed by atoms with van der Waals surface area (Å²) >= 11 is 0. The molecule has 41 heteroatoms. The van der Waals surface area contributed by atoms with Crippen molar-refractivity contribution >= 4 is 102 Å². The van der Waals surface area contributed by atoms with E-state index >= 15 is 0 Å². The second-order valence-electron chi connectivity index (χ2n) is 45.9. The number of nitrogens with zero attached hydrogens (tertiary/aromatic N) is 5. The number of hydrogen-bond acceptors (Lipinski definition) is 29. The van der Waals surface area contributed by atoms with Crippen molar-refractivity contribution in [1.82, 2.24) is 36.8 Å². The van der Waals surface area contributed by atoms with E-state index in [0.29, 0.717) is 141 Å². The number of likely N-dealkylation sites (N-methyl/N-ethyl adjacent to an activating group) is 4. The van der Waals surface area contributed by atoms with Crippen LogP contribution in [0.15, 0.2) is 0 Å². The van der Waals surface area contributed by atoms with E-state index in [9.17, 15) is 71.9 Å². The molecule has 874 valence electrons. The molecular weight excluding hydrogens is 1940 g/mol. The summed E-state index contributed by atoms with van der Waals surface area (Å²) in [6.07, 6.45) is 9.31. The molecule has 9 unspecified atom stereocenters. The molecule has 6 amide bonds.